The van der Waals surface area contributed by atoms with Crippen LogP contribution in [0.15, 0.2) is 24.3 Å². The molecule has 4 nitrogen and oxygen atoms in total. The third kappa shape index (κ3) is 3.39. The zero-order valence-electron chi connectivity index (χ0n) is 11.1. The molecule has 1 amide bonds. The topological polar surface area (TPSA) is 38.8 Å². The maximum atomic E-state index is 12.3. The van der Waals surface area contributed by atoms with Gasteiger partial charge in [-0.15, -0.1) is 0 Å². The fourth-order valence-electron chi connectivity index (χ4n) is 2.07. The Bertz CT molecular complexity index is 452. The van der Waals surface area contributed by atoms with E-state index in [1.165, 1.54) is 0 Å². The molecule has 1 aliphatic rings. The lowest BCUT2D eigenvalue weighted by Crippen LogP contribution is -2.51. The van der Waals surface area contributed by atoms with Gasteiger partial charge in [0.05, 0.1) is 24.3 Å². The van der Waals surface area contributed by atoms with Gasteiger partial charge in [0.25, 0.3) is 5.91 Å². The monoisotopic (exact) mass is 283 g/mol. The van der Waals surface area contributed by atoms with Gasteiger partial charge < -0.3 is 14.4 Å². The molecule has 0 saturated carbocycles. The lowest BCUT2D eigenvalue weighted by atomic mass is 10.2. The quantitative estimate of drug-likeness (QED) is 0.855. The van der Waals surface area contributed by atoms with Crippen molar-refractivity contribution in [3.8, 4) is 5.75 Å². The van der Waals surface area contributed by atoms with Gasteiger partial charge in [0, 0.05) is 6.54 Å². The predicted molar refractivity (Wildman–Crippen MR) is 73.5 cm³/mol. The molecule has 2 rings (SSSR count). The van der Waals surface area contributed by atoms with Crippen molar-refractivity contribution >= 4 is 17.5 Å². The molecule has 0 radical (unpaired) electrons. The molecule has 1 saturated heterocycles. The van der Waals surface area contributed by atoms with E-state index in [0.29, 0.717) is 30.5 Å². The molecule has 5 heteroatoms. The number of benzene rings is 1. The van der Waals surface area contributed by atoms with Crippen LogP contribution in [0.4, 0.5) is 0 Å². The summed E-state index contributed by atoms with van der Waals surface area (Å²) in [7, 11) is 0. The van der Waals surface area contributed by atoms with Crippen molar-refractivity contribution < 1.29 is 14.3 Å². The number of ether oxygens (including phenoxy) is 2. The molecule has 19 heavy (non-hydrogen) atoms. The summed E-state index contributed by atoms with van der Waals surface area (Å²) in [6.07, 6.45) is -0.555. The van der Waals surface area contributed by atoms with Crippen LogP contribution < -0.4 is 4.74 Å². The van der Waals surface area contributed by atoms with E-state index in [1.807, 2.05) is 19.1 Å². The number of hydrogen-bond donors (Lipinski definition) is 0. The Morgan fingerprint density at radius 2 is 2.26 bits per heavy atom. The highest BCUT2D eigenvalue weighted by atomic mass is 35.5. The van der Waals surface area contributed by atoms with Crippen LogP contribution in [0.3, 0.4) is 0 Å². The van der Waals surface area contributed by atoms with E-state index >= 15 is 0 Å². The van der Waals surface area contributed by atoms with Gasteiger partial charge >= 0.3 is 0 Å². The Kier molecular flexibility index (Phi) is 4.66. The number of halogens is 1. The van der Waals surface area contributed by atoms with Crippen molar-refractivity contribution in [1.29, 1.82) is 0 Å². The largest absolute Gasteiger partial charge is 0.479 e. The summed E-state index contributed by atoms with van der Waals surface area (Å²) in [4.78, 5) is 14.1. The molecular formula is C14H18ClNO3. The lowest BCUT2D eigenvalue weighted by Gasteiger charge is -2.35. The molecule has 1 aromatic carbocycles. The van der Waals surface area contributed by atoms with Crippen LogP contribution in [0.1, 0.15) is 13.8 Å². The van der Waals surface area contributed by atoms with Gasteiger partial charge in [-0.05, 0) is 26.0 Å². The zero-order chi connectivity index (χ0) is 13.8. The fraction of sp³-hybridized carbons (Fsp3) is 0.500. The van der Waals surface area contributed by atoms with E-state index in [9.17, 15) is 4.79 Å². The number of para-hydroxylation sites is 1. The molecule has 0 aliphatic carbocycles. The van der Waals surface area contributed by atoms with Crippen molar-refractivity contribution in [3.63, 3.8) is 0 Å². The highest BCUT2D eigenvalue weighted by Crippen LogP contribution is 2.24. The zero-order valence-corrected chi connectivity index (χ0v) is 11.9. The highest BCUT2D eigenvalue weighted by Gasteiger charge is 2.28. The smallest absolute Gasteiger partial charge is 0.263 e. The number of nitrogens with zero attached hydrogens (tertiary/aromatic N) is 1. The predicted octanol–water partition coefficient (Wildman–Crippen LogP) is 2.35. The summed E-state index contributed by atoms with van der Waals surface area (Å²) >= 11 is 6.02. The fourth-order valence-corrected chi connectivity index (χ4v) is 2.25. The van der Waals surface area contributed by atoms with Gasteiger partial charge in [-0.25, -0.2) is 0 Å². The summed E-state index contributed by atoms with van der Waals surface area (Å²) in [6.45, 7) is 5.47. The van der Waals surface area contributed by atoms with Gasteiger partial charge in [-0.2, -0.15) is 0 Å². The minimum absolute atomic E-state index is 0.0317. The Hall–Kier alpha value is -1.26. The van der Waals surface area contributed by atoms with Crippen LogP contribution in [0.5, 0.6) is 5.75 Å². The van der Waals surface area contributed by atoms with Crippen molar-refractivity contribution in [2.75, 3.05) is 19.8 Å². The molecule has 1 aromatic rings. The second-order valence-corrected chi connectivity index (χ2v) is 5.05. The number of carbonyl (C=O) groups is 1. The number of morpholine rings is 1. The normalized spacial score (nSPS) is 21.0. The maximum Gasteiger partial charge on any atom is 0.263 e. The first-order valence-corrected chi connectivity index (χ1v) is 6.77. The van der Waals surface area contributed by atoms with Crippen LogP contribution in [-0.2, 0) is 9.53 Å². The minimum Gasteiger partial charge on any atom is -0.479 e. The van der Waals surface area contributed by atoms with Crippen LogP contribution in [0.25, 0.3) is 0 Å². The first-order chi connectivity index (χ1) is 9.09. The third-order valence-electron chi connectivity index (χ3n) is 3.14. The third-order valence-corrected chi connectivity index (χ3v) is 3.45. The molecular weight excluding hydrogens is 266 g/mol. The SMILES string of the molecule is C[C@@H]1COCCN1C(=O)[C@@H](C)Oc1ccccc1Cl. The minimum atomic E-state index is -0.555. The molecule has 1 heterocycles. The van der Waals surface area contributed by atoms with Crippen LogP contribution in [0.2, 0.25) is 5.02 Å². The van der Waals surface area contributed by atoms with Crippen LogP contribution in [-0.4, -0.2) is 42.7 Å². The number of hydrogen-bond acceptors (Lipinski definition) is 3. The molecule has 0 aromatic heterocycles. The van der Waals surface area contributed by atoms with Gasteiger partial charge in [0.15, 0.2) is 6.10 Å². The molecule has 104 valence electrons. The van der Waals surface area contributed by atoms with E-state index in [4.69, 9.17) is 21.1 Å². The van der Waals surface area contributed by atoms with Crippen LogP contribution in [0, 0.1) is 0 Å². The first-order valence-electron chi connectivity index (χ1n) is 6.39. The van der Waals surface area contributed by atoms with Crippen molar-refractivity contribution in [1.82, 2.24) is 4.90 Å². The second-order valence-electron chi connectivity index (χ2n) is 4.65. The highest BCUT2D eigenvalue weighted by molar-refractivity contribution is 6.32. The van der Waals surface area contributed by atoms with E-state index in [0.717, 1.165) is 0 Å². The molecule has 0 N–H and O–H groups in total. The average Bonchev–Trinajstić information content (AvgIpc) is 2.41. The van der Waals surface area contributed by atoms with E-state index in [-0.39, 0.29) is 11.9 Å². The molecule has 0 bridgehead atoms. The summed E-state index contributed by atoms with van der Waals surface area (Å²) < 4.78 is 11.0. The lowest BCUT2D eigenvalue weighted by molar-refractivity contribution is -0.145. The summed E-state index contributed by atoms with van der Waals surface area (Å²) in [5, 5.41) is 0.511. The van der Waals surface area contributed by atoms with Gasteiger partial charge in [-0.1, -0.05) is 23.7 Å². The Balaban J connectivity index is 2.01. The molecule has 0 unspecified atom stereocenters. The maximum absolute atomic E-state index is 12.3. The summed E-state index contributed by atoms with van der Waals surface area (Å²) in [5.41, 5.74) is 0. The first kappa shape index (κ1) is 14.2. The second kappa shape index (κ2) is 6.26. The Labute approximate surface area is 118 Å². The van der Waals surface area contributed by atoms with Crippen molar-refractivity contribution in [2.24, 2.45) is 0 Å². The Morgan fingerprint density at radius 3 is 2.95 bits per heavy atom. The van der Waals surface area contributed by atoms with E-state index < -0.39 is 6.10 Å². The van der Waals surface area contributed by atoms with E-state index in [2.05, 4.69) is 0 Å². The molecule has 0 spiro atoms. The van der Waals surface area contributed by atoms with Gasteiger partial charge in [0.1, 0.15) is 5.75 Å². The average molecular weight is 284 g/mol. The van der Waals surface area contributed by atoms with Crippen molar-refractivity contribution in [3.05, 3.63) is 29.3 Å². The molecule has 1 aliphatic heterocycles. The van der Waals surface area contributed by atoms with Gasteiger partial charge in [0.2, 0.25) is 0 Å². The van der Waals surface area contributed by atoms with Crippen LogP contribution >= 0.6 is 11.6 Å². The number of amides is 1. The summed E-state index contributed by atoms with van der Waals surface area (Å²) in [5.74, 6) is 0.502. The van der Waals surface area contributed by atoms with Gasteiger partial charge in [-0.3, -0.25) is 4.79 Å². The van der Waals surface area contributed by atoms with Crippen molar-refractivity contribution in [2.45, 2.75) is 26.0 Å². The standard InChI is InChI=1S/C14H18ClNO3/c1-10-9-18-8-7-16(10)14(17)11(2)19-13-6-4-3-5-12(13)15/h3-6,10-11H,7-9H2,1-2H3/t10-,11-/m1/s1. The number of carbonyl (C=O) groups excluding carboxylic acids is 1. The van der Waals surface area contributed by atoms with E-state index in [1.54, 1.807) is 24.0 Å². The summed E-state index contributed by atoms with van der Waals surface area (Å²) in [6, 6.07) is 7.24. The molecule has 1 fully saturated rings. The molecule has 2 atom stereocenters. The number of rotatable bonds is 3. The Morgan fingerprint density at radius 1 is 1.53 bits per heavy atom.